The number of aryl methyl sites for hydroxylation is 1. The number of ether oxygens (including phenoxy) is 1. The number of nitrogens with zero attached hydrogens (tertiary/aromatic N) is 3. The van der Waals surface area contributed by atoms with E-state index < -0.39 is 17.2 Å². The molecule has 1 aliphatic rings. The lowest BCUT2D eigenvalue weighted by Crippen LogP contribution is -2.37. The molecule has 2 atom stereocenters. The molecule has 7 heteroatoms. The van der Waals surface area contributed by atoms with Gasteiger partial charge in [0.1, 0.15) is 5.65 Å². The molecular formula is C18H21N3O4. The van der Waals surface area contributed by atoms with Crippen LogP contribution in [0.4, 0.5) is 0 Å². The molecule has 1 aliphatic carbocycles. The Bertz CT molecular complexity index is 971. The normalized spacial score (nSPS) is 20.0. The van der Waals surface area contributed by atoms with Gasteiger partial charge in [-0.05, 0) is 36.8 Å². The topological polar surface area (TPSA) is 83.2 Å². The van der Waals surface area contributed by atoms with Crippen LogP contribution in [0.1, 0.15) is 30.3 Å². The van der Waals surface area contributed by atoms with Crippen molar-refractivity contribution in [3.63, 3.8) is 0 Å². The summed E-state index contributed by atoms with van der Waals surface area (Å²) in [5, 5.41) is 0.284. The Morgan fingerprint density at radius 3 is 2.64 bits per heavy atom. The predicted molar refractivity (Wildman–Crippen MR) is 93.5 cm³/mol. The maximum Gasteiger partial charge on any atom is 0.357 e. The van der Waals surface area contributed by atoms with Gasteiger partial charge in [-0.3, -0.25) is 13.9 Å². The molecule has 2 heterocycles. The van der Waals surface area contributed by atoms with Crippen molar-refractivity contribution < 1.29 is 9.53 Å². The SMILES string of the molecule is C[C@H]1CC=CC[C@@H]1COC(=O)c1ccc2c(=O)n(C)c(=O)n(C)c2n1. The van der Waals surface area contributed by atoms with E-state index in [2.05, 4.69) is 24.1 Å². The summed E-state index contributed by atoms with van der Waals surface area (Å²) in [5.74, 6) is 0.217. The van der Waals surface area contributed by atoms with E-state index in [0.717, 1.165) is 17.4 Å². The molecule has 25 heavy (non-hydrogen) atoms. The Morgan fingerprint density at radius 2 is 1.92 bits per heavy atom. The highest BCUT2D eigenvalue weighted by atomic mass is 16.5. The van der Waals surface area contributed by atoms with Gasteiger partial charge in [0.25, 0.3) is 5.56 Å². The first kappa shape index (κ1) is 17.1. The van der Waals surface area contributed by atoms with Crippen molar-refractivity contribution in [1.29, 1.82) is 0 Å². The summed E-state index contributed by atoms with van der Waals surface area (Å²) in [6.07, 6.45) is 6.14. The van der Waals surface area contributed by atoms with Gasteiger partial charge in [0, 0.05) is 14.1 Å². The van der Waals surface area contributed by atoms with E-state index in [0.29, 0.717) is 18.4 Å². The molecule has 0 radical (unpaired) electrons. The van der Waals surface area contributed by atoms with Gasteiger partial charge in [0.15, 0.2) is 5.69 Å². The molecule has 0 bridgehead atoms. The first-order valence-corrected chi connectivity index (χ1v) is 8.29. The van der Waals surface area contributed by atoms with Crippen LogP contribution in [-0.4, -0.2) is 26.7 Å². The Balaban J connectivity index is 1.86. The van der Waals surface area contributed by atoms with E-state index in [1.54, 1.807) is 0 Å². The number of rotatable bonds is 3. The number of pyridine rings is 1. The van der Waals surface area contributed by atoms with Gasteiger partial charge < -0.3 is 4.74 Å². The molecule has 2 aromatic rings. The average molecular weight is 343 g/mol. The molecule has 0 unspecified atom stereocenters. The average Bonchev–Trinajstić information content (AvgIpc) is 2.63. The van der Waals surface area contributed by atoms with Crippen molar-refractivity contribution in [2.45, 2.75) is 19.8 Å². The molecule has 0 N–H and O–H groups in total. The van der Waals surface area contributed by atoms with Crippen molar-refractivity contribution in [2.75, 3.05) is 6.61 Å². The first-order chi connectivity index (χ1) is 11.9. The largest absolute Gasteiger partial charge is 0.461 e. The summed E-state index contributed by atoms with van der Waals surface area (Å²) < 4.78 is 7.67. The van der Waals surface area contributed by atoms with Gasteiger partial charge in [0.05, 0.1) is 12.0 Å². The van der Waals surface area contributed by atoms with E-state index in [1.807, 2.05) is 0 Å². The van der Waals surface area contributed by atoms with Crippen LogP contribution in [0, 0.1) is 11.8 Å². The number of hydrogen-bond acceptors (Lipinski definition) is 5. The fourth-order valence-electron chi connectivity index (χ4n) is 3.06. The zero-order chi connectivity index (χ0) is 18.1. The summed E-state index contributed by atoms with van der Waals surface area (Å²) in [6.45, 7) is 2.47. The Morgan fingerprint density at radius 1 is 1.20 bits per heavy atom. The van der Waals surface area contributed by atoms with Crippen LogP contribution in [0.15, 0.2) is 33.9 Å². The monoisotopic (exact) mass is 343 g/mol. The minimum Gasteiger partial charge on any atom is -0.461 e. The summed E-state index contributed by atoms with van der Waals surface area (Å²) in [4.78, 5) is 40.6. The fraction of sp³-hybridized carbons (Fsp3) is 0.444. The second-order valence-electron chi connectivity index (χ2n) is 6.55. The molecule has 0 fully saturated rings. The van der Waals surface area contributed by atoms with Crippen LogP contribution >= 0.6 is 0 Å². The lowest BCUT2D eigenvalue weighted by molar-refractivity contribution is 0.0389. The van der Waals surface area contributed by atoms with Gasteiger partial charge >= 0.3 is 11.7 Å². The zero-order valence-electron chi connectivity index (χ0n) is 14.6. The van der Waals surface area contributed by atoms with E-state index in [-0.39, 0.29) is 16.7 Å². The van der Waals surface area contributed by atoms with E-state index >= 15 is 0 Å². The second kappa shape index (κ2) is 6.66. The highest BCUT2D eigenvalue weighted by molar-refractivity contribution is 5.90. The standard InChI is InChI=1S/C18H21N3O4/c1-11-6-4-5-7-12(11)10-25-17(23)14-9-8-13-15(19-14)20(2)18(24)21(3)16(13)22/h4-5,8-9,11-12H,6-7,10H2,1-3H3/t11-,12+/m0/s1. The molecule has 0 amide bonds. The van der Waals surface area contributed by atoms with Crippen LogP contribution in [0.25, 0.3) is 11.0 Å². The van der Waals surface area contributed by atoms with Crippen LogP contribution in [-0.2, 0) is 18.8 Å². The van der Waals surface area contributed by atoms with Gasteiger partial charge in [-0.1, -0.05) is 19.1 Å². The van der Waals surface area contributed by atoms with Gasteiger partial charge in [-0.25, -0.2) is 14.6 Å². The maximum atomic E-state index is 12.3. The Labute approximate surface area is 144 Å². The van der Waals surface area contributed by atoms with Crippen molar-refractivity contribution in [1.82, 2.24) is 14.1 Å². The van der Waals surface area contributed by atoms with Crippen LogP contribution in [0.5, 0.6) is 0 Å². The van der Waals surface area contributed by atoms with Crippen LogP contribution < -0.4 is 11.2 Å². The van der Waals surface area contributed by atoms with E-state index in [4.69, 9.17) is 4.74 Å². The van der Waals surface area contributed by atoms with Crippen LogP contribution in [0.2, 0.25) is 0 Å². The maximum absolute atomic E-state index is 12.3. The molecule has 2 aromatic heterocycles. The van der Waals surface area contributed by atoms with Gasteiger partial charge in [0.2, 0.25) is 0 Å². The molecule has 0 aliphatic heterocycles. The van der Waals surface area contributed by atoms with Gasteiger partial charge in [-0.15, -0.1) is 0 Å². The lowest BCUT2D eigenvalue weighted by atomic mass is 9.85. The molecule has 0 saturated heterocycles. The highest BCUT2D eigenvalue weighted by Crippen LogP contribution is 2.25. The molecule has 132 valence electrons. The fourth-order valence-corrected chi connectivity index (χ4v) is 3.06. The molecular weight excluding hydrogens is 322 g/mol. The van der Waals surface area contributed by atoms with Gasteiger partial charge in [-0.2, -0.15) is 0 Å². The Kier molecular flexibility index (Phi) is 4.57. The smallest absolute Gasteiger partial charge is 0.357 e. The van der Waals surface area contributed by atoms with Crippen molar-refractivity contribution in [3.8, 4) is 0 Å². The minimum absolute atomic E-state index is 0.0924. The number of esters is 1. The third-order valence-corrected chi connectivity index (χ3v) is 4.86. The third kappa shape index (κ3) is 3.14. The molecule has 0 saturated carbocycles. The van der Waals surface area contributed by atoms with Crippen molar-refractivity contribution >= 4 is 17.0 Å². The number of fused-ring (bicyclic) bond motifs is 1. The van der Waals surface area contributed by atoms with Crippen molar-refractivity contribution in [2.24, 2.45) is 25.9 Å². The lowest BCUT2D eigenvalue weighted by Gasteiger charge is -2.24. The summed E-state index contributed by atoms with van der Waals surface area (Å²) >= 11 is 0. The van der Waals surface area contributed by atoms with E-state index in [9.17, 15) is 14.4 Å². The number of carbonyl (C=O) groups excluding carboxylic acids is 1. The predicted octanol–water partition coefficient (Wildman–Crippen LogP) is 1.39. The minimum atomic E-state index is -0.545. The summed E-state index contributed by atoms with van der Waals surface area (Å²) in [5.41, 5.74) is -0.655. The van der Waals surface area contributed by atoms with Crippen molar-refractivity contribution in [3.05, 3.63) is 50.8 Å². The number of aromatic nitrogens is 3. The zero-order valence-corrected chi connectivity index (χ0v) is 14.6. The van der Waals surface area contributed by atoms with Crippen LogP contribution in [0.3, 0.4) is 0 Å². The molecule has 0 spiro atoms. The first-order valence-electron chi connectivity index (χ1n) is 8.29. The number of hydrogen-bond donors (Lipinski definition) is 0. The quantitative estimate of drug-likeness (QED) is 0.621. The highest BCUT2D eigenvalue weighted by Gasteiger charge is 2.21. The number of carbonyl (C=O) groups is 1. The second-order valence-corrected chi connectivity index (χ2v) is 6.55. The Hall–Kier alpha value is -2.70. The summed E-state index contributed by atoms with van der Waals surface area (Å²) in [6, 6.07) is 2.97. The molecule has 7 nitrogen and oxygen atoms in total. The molecule has 0 aromatic carbocycles. The van der Waals surface area contributed by atoms with E-state index in [1.165, 1.54) is 30.8 Å². The summed E-state index contributed by atoms with van der Waals surface area (Å²) in [7, 11) is 2.92. The molecule has 3 rings (SSSR count). The third-order valence-electron chi connectivity index (χ3n) is 4.86. The number of allylic oxidation sites excluding steroid dienone is 2.